The molecule has 1 atom stereocenters. The van der Waals surface area contributed by atoms with E-state index in [9.17, 15) is 40.2 Å². The largest absolute Gasteiger partial charge is 0.508 e. The molecule has 3 aromatic carbocycles. The molecule has 0 unspecified atom stereocenters. The molecule has 0 aliphatic heterocycles. The molecule has 10 heteroatoms. The lowest BCUT2D eigenvalue weighted by Gasteiger charge is -2.20. The summed E-state index contributed by atoms with van der Waals surface area (Å²) in [6.45, 7) is 0. The van der Waals surface area contributed by atoms with Crippen molar-refractivity contribution in [3.05, 3.63) is 69.9 Å². The molecule has 6 N–H and O–H groups in total. The van der Waals surface area contributed by atoms with Crippen molar-refractivity contribution in [2.75, 3.05) is 7.11 Å². The maximum absolute atomic E-state index is 13.1. The van der Waals surface area contributed by atoms with E-state index in [0.29, 0.717) is 5.56 Å². The number of hydrogen-bond acceptors (Lipinski definition) is 10. The van der Waals surface area contributed by atoms with Crippen molar-refractivity contribution in [1.29, 1.82) is 0 Å². The Morgan fingerprint density at radius 2 is 1.66 bits per heavy atom. The number of carbonyl (C=O) groups is 1. The van der Waals surface area contributed by atoms with Gasteiger partial charge in [-0.25, -0.2) is 0 Å². The van der Waals surface area contributed by atoms with Gasteiger partial charge in [-0.15, -0.1) is 0 Å². The van der Waals surface area contributed by atoms with E-state index in [1.807, 2.05) is 0 Å². The van der Waals surface area contributed by atoms with E-state index in [1.165, 1.54) is 31.4 Å². The fourth-order valence-electron chi connectivity index (χ4n) is 3.92. The van der Waals surface area contributed by atoms with Gasteiger partial charge in [0.2, 0.25) is 11.2 Å². The van der Waals surface area contributed by atoms with Crippen molar-refractivity contribution in [1.82, 2.24) is 0 Å². The SMILES string of the molecule is COC(=O)C[C@H](c1cccc(O)c1)c1c(O)cc(O)c2c(=O)c(O)c(-c3ccc(O)c(O)c3)oc12. The number of phenolic OH excluding ortho intramolecular Hbond substituents is 5. The number of phenols is 5. The molecule has 0 aliphatic rings. The predicted molar refractivity (Wildman–Crippen MR) is 123 cm³/mol. The van der Waals surface area contributed by atoms with Crippen LogP contribution in [0.5, 0.6) is 34.5 Å². The fraction of sp³-hybridized carbons (Fsp3) is 0.120. The zero-order valence-corrected chi connectivity index (χ0v) is 18.2. The van der Waals surface area contributed by atoms with Crippen molar-refractivity contribution in [3.63, 3.8) is 0 Å². The summed E-state index contributed by atoms with van der Waals surface area (Å²) in [6, 6.07) is 10.1. The van der Waals surface area contributed by atoms with E-state index < -0.39 is 57.2 Å². The zero-order valence-electron chi connectivity index (χ0n) is 18.2. The molecule has 0 bridgehead atoms. The summed E-state index contributed by atoms with van der Waals surface area (Å²) in [7, 11) is 1.17. The number of methoxy groups -OCH3 is 1. The van der Waals surface area contributed by atoms with Gasteiger partial charge < -0.3 is 39.8 Å². The lowest BCUT2D eigenvalue weighted by atomic mass is 9.86. The second-order valence-electron chi connectivity index (χ2n) is 7.77. The average Bonchev–Trinajstić information content (AvgIpc) is 2.81. The van der Waals surface area contributed by atoms with Crippen LogP contribution in [0.25, 0.3) is 22.3 Å². The number of aromatic hydroxyl groups is 6. The van der Waals surface area contributed by atoms with Gasteiger partial charge in [-0.05, 0) is 35.9 Å². The van der Waals surface area contributed by atoms with Crippen LogP contribution in [0, 0.1) is 0 Å². The molecule has 0 saturated carbocycles. The first-order valence-electron chi connectivity index (χ1n) is 10.2. The Balaban J connectivity index is 2.09. The molecule has 10 nitrogen and oxygen atoms in total. The molecule has 35 heavy (non-hydrogen) atoms. The van der Waals surface area contributed by atoms with E-state index in [-0.39, 0.29) is 28.9 Å². The lowest BCUT2D eigenvalue weighted by molar-refractivity contribution is -0.140. The smallest absolute Gasteiger partial charge is 0.306 e. The van der Waals surface area contributed by atoms with Gasteiger partial charge in [0.15, 0.2) is 17.3 Å². The van der Waals surface area contributed by atoms with Crippen LogP contribution >= 0.6 is 0 Å². The molecule has 0 amide bonds. The van der Waals surface area contributed by atoms with Gasteiger partial charge in [-0.1, -0.05) is 12.1 Å². The van der Waals surface area contributed by atoms with Crippen molar-refractivity contribution in [2.24, 2.45) is 0 Å². The summed E-state index contributed by atoms with van der Waals surface area (Å²) < 4.78 is 10.6. The topological polar surface area (TPSA) is 178 Å². The second-order valence-corrected chi connectivity index (χ2v) is 7.77. The Morgan fingerprint density at radius 3 is 2.31 bits per heavy atom. The van der Waals surface area contributed by atoms with Crippen LogP contribution in [-0.4, -0.2) is 43.7 Å². The minimum Gasteiger partial charge on any atom is -0.508 e. The highest BCUT2D eigenvalue weighted by atomic mass is 16.5. The summed E-state index contributed by atoms with van der Waals surface area (Å²) in [5, 5.41) is 60.7. The number of rotatable bonds is 5. The third-order valence-corrected chi connectivity index (χ3v) is 5.60. The first kappa shape index (κ1) is 23.3. The van der Waals surface area contributed by atoms with E-state index in [2.05, 4.69) is 0 Å². The maximum atomic E-state index is 13.1. The number of ether oxygens (including phenoxy) is 1. The zero-order chi connectivity index (χ0) is 25.4. The molecule has 0 aliphatic carbocycles. The van der Waals surface area contributed by atoms with Crippen LogP contribution in [0.3, 0.4) is 0 Å². The molecule has 0 radical (unpaired) electrons. The van der Waals surface area contributed by atoms with Gasteiger partial charge in [-0.3, -0.25) is 9.59 Å². The van der Waals surface area contributed by atoms with Crippen molar-refractivity contribution < 1.29 is 44.6 Å². The number of benzene rings is 3. The molecule has 0 fully saturated rings. The van der Waals surface area contributed by atoms with Gasteiger partial charge in [-0.2, -0.15) is 0 Å². The highest BCUT2D eigenvalue weighted by molar-refractivity contribution is 5.92. The minimum atomic E-state index is -1.04. The number of esters is 1. The Kier molecular flexibility index (Phi) is 5.87. The van der Waals surface area contributed by atoms with Crippen LogP contribution in [0.4, 0.5) is 0 Å². The summed E-state index contributed by atoms with van der Waals surface area (Å²) in [4.78, 5) is 25.3. The second kappa shape index (κ2) is 8.82. The highest BCUT2D eigenvalue weighted by Crippen LogP contribution is 2.45. The van der Waals surface area contributed by atoms with E-state index in [0.717, 1.165) is 18.2 Å². The molecule has 180 valence electrons. The normalized spacial score (nSPS) is 11.9. The van der Waals surface area contributed by atoms with Gasteiger partial charge in [0.25, 0.3) is 0 Å². The van der Waals surface area contributed by atoms with Crippen LogP contribution in [0.15, 0.2) is 57.7 Å². The maximum Gasteiger partial charge on any atom is 0.306 e. The summed E-state index contributed by atoms with van der Waals surface area (Å²) in [6.07, 6.45) is -0.340. The quantitative estimate of drug-likeness (QED) is 0.183. The Morgan fingerprint density at radius 1 is 0.914 bits per heavy atom. The first-order valence-corrected chi connectivity index (χ1v) is 10.2. The van der Waals surface area contributed by atoms with Crippen LogP contribution < -0.4 is 5.43 Å². The van der Waals surface area contributed by atoms with Crippen molar-refractivity contribution in [3.8, 4) is 45.8 Å². The van der Waals surface area contributed by atoms with Crippen LogP contribution in [0.1, 0.15) is 23.5 Å². The average molecular weight is 480 g/mol. The Hall–Kier alpha value is -4.86. The standard InChI is InChI=1S/C25H20O10/c1-34-19(31)9-14(11-3-2-4-13(26)7-11)20-17(29)10-18(30)21-22(32)23(33)24(35-25(20)21)12-5-6-15(27)16(28)8-12/h2-8,10,14,26-30,33H,9H2,1H3/t14-/m1/s1. The number of hydrogen-bond donors (Lipinski definition) is 6. The van der Waals surface area contributed by atoms with Gasteiger partial charge in [0, 0.05) is 23.1 Å². The Bertz CT molecular complexity index is 1520. The van der Waals surface area contributed by atoms with Gasteiger partial charge >= 0.3 is 5.97 Å². The summed E-state index contributed by atoms with van der Waals surface area (Å²) >= 11 is 0. The van der Waals surface area contributed by atoms with Crippen LogP contribution in [-0.2, 0) is 9.53 Å². The summed E-state index contributed by atoms with van der Waals surface area (Å²) in [5.74, 6) is -5.33. The van der Waals surface area contributed by atoms with Gasteiger partial charge in [0.05, 0.1) is 13.5 Å². The van der Waals surface area contributed by atoms with E-state index in [1.54, 1.807) is 6.07 Å². The molecule has 0 saturated heterocycles. The fourth-order valence-corrected chi connectivity index (χ4v) is 3.92. The first-order chi connectivity index (χ1) is 16.6. The molecule has 1 heterocycles. The molecule has 1 aromatic heterocycles. The molecule has 0 spiro atoms. The minimum absolute atomic E-state index is 0.00690. The molecule has 4 aromatic rings. The third-order valence-electron chi connectivity index (χ3n) is 5.60. The van der Waals surface area contributed by atoms with Crippen molar-refractivity contribution >= 4 is 16.9 Å². The molecular weight excluding hydrogens is 460 g/mol. The van der Waals surface area contributed by atoms with Crippen molar-refractivity contribution in [2.45, 2.75) is 12.3 Å². The highest BCUT2D eigenvalue weighted by Gasteiger charge is 2.30. The number of carbonyl (C=O) groups excluding carboxylic acids is 1. The van der Waals surface area contributed by atoms with Gasteiger partial charge in [0.1, 0.15) is 28.2 Å². The molecule has 4 rings (SSSR count). The third kappa shape index (κ3) is 4.12. The van der Waals surface area contributed by atoms with Crippen LogP contribution in [0.2, 0.25) is 0 Å². The monoisotopic (exact) mass is 480 g/mol. The lowest BCUT2D eigenvalue weighted by Crippen LogP contribution is -2.12. The van der Waals surface area contributed by atoms with E-state index in [4.69, 9.17) is 9.15 Å². The predicted octanol–water partition coefficient (Wildman–Crippen LogP) is 3.39. The molecular formula is C25H20O10. The van der Waals surface area contributed by atoms with E-state index >= 15 is 0 Å². The number of fused-ring (bicyclic) bond motifs is 1. The summed E-state index contributed by atoms with van der Waals surface area (Å²) in [5.41, 5.74) is -1.11. The Labute approximate surface area is 197 Å².